The molecule has 5 nitrogen and oxygen atoms in total. The molecule has 0 saturated carbocycles. The number of H-pyrrole nitrogens is 1. The van der Waals surface area contributed by atoms with E-state index in [4.69, 9.17) is 0 Å². The Labute approximate surface area is 121 Å². The van der Waals surface area contributed by atoms with E-state index in [1.165, 1.54) is 0 Å². The molecule has 0 fully saturated rings. The molecule has 1 aromatic carbocycles. The van der Waals surface area contributed by atoms with Crippen LogP contribution in [0.1, 0.15) is 11.1 Å². The normalized spacial score (nSPS) is 10.7. The number of aromatic amines is 1. The van der Waals surface area contributed by atoms with Gasteiger partial charge in [0, 0.05) is 28.9 Å². The number of benzene rings is 1. The highest BCUT2D eigenvalue weighted by Crippen LogP contribution is 2.19. The number of pyridine rings is 1. The van der Waals surface area contributed by atoms with Crippen molar-refractivity contribution < 1.29 is 9.90 Å². The lowest BCUT2D eigenvalue weighted by Gasteiger charge is -2.08. The Kier molecular flexibility index (Phi) is 3.66. The maximum atomic E-state index is 12.2. The number of aromatic nitrogens is 2. The quantitative estimate of drug-likeness (QED) is 0.686. The summed E-state index contributed by atoms with van der Waals surface area (Å²) >= 11 is 0. The smallest absolute Gasteiger partial charge is 0.228 e. The van der Waals surface area contributed by atoms with Crippen LogP contribution in [0.5, 0.6) is 0 Å². The molecule has 106 valence electrons. The molecule has 0 atom stereocenters. The van der Waals surface area contributed by atoms with Gasteiger partial charge in [-0.1, -0.05) is 18.2 Å². The van der Waals surface area contributed by atoms with Crippen LogP contribution in [0.3, 0.4) is 0 Å². The minimum Gasteiger partial charge on any atom is -0.392 e. The van der Waals surface area contributed by atoms with E-state index in [-0.39, 0.29) is 18.9 Å². The van der Waals surface area contributed by atoms with Gasteiger partial charge in [-0.15, -0.1) is 0 Å². The van der Waals surface area contributed by atoms with Crippen LogP contribution in [0, 0.1) is 0 Å². The largest absolute Gasteiger partial charge is 0.392 e. The van der Waals surface area contributed by atoms with Gasteiger partial charge in [0.1, 0.15) is 0 Å². The van der Waals surface area contributed by atoms with E-state index in [0.29, 0.717) is 11.3 Å². The second-order valence-corrected chi connectivity index (χ2v) is 4.78. The molecule has 3 aromatic rings. The van der Waals surface area contributed by atoms with E-state index < -0.39 is 0 Å². The molecule has 0 saturated heterocycles. The molecule has 0 aliphatic rings. The minimum absolute atomic E-state index is 0.134. The van der Waals surface area contributed by atoms with Gasteiger partial charge in [-0.3, -0.25) is 9.78 Å². The van der Waals surface area contributed by atoms with E-state index in [2.05, 4.69) is 15.3 Å². The van der Waals surface area contributed by atoms with Gasteiger partial charge in [-0.2, -0.15) is 0 Å². The number of para-hydroxylation sites is 1. The predicted octanol–water partition coefficient (Wildman–Crippen LogP) is 2.24. The number of hydrogen-bond donors (Lipinski definition) is 3. The fourth-order valence-corrected chi connectivity index (χ4v) is 2.32. The van der Waals surface area contributed by atoms with Gasteiger partial charge in [-0.05, 0) is 17.7 Å². The van der Waals surface area contributed by atoms with Crippen LogP contribution < -0.4 is 5.32 Å². The third-order valence-electron chi connectivity index (χ3n) is 3.38. The molecule has 2 aromatic heterocycles. The molecule has 2 heterocycles. The van der Waals surface area contributed by atoms with E-state index in [1.54, 1.807) is 18.5 Å². The molecule has 0 radical (unpaired) electrons. The van der Waals surface area contributed by atoms with Gasteiger partial charge in [0.2, 0.25) is 5.91 Å². The fraction of sp³-hybridized carbons (Fsp3) is 0.125. The number of nitrogens with one attached hydrogen (secondary N) is 2. The first-order valence-corrected chi connectivity index (χ1v) is 6.66. The van der Waals surface area contributed by atoms with E-state index in [9.17, 15) is 9.90 Å². The van der Waals surface area contributed by atoms with Crippen molar-refractivity contribution in [3.8, 4) is 0 Å². The molecular weight excluding hydrogens is 266 g/mol. The first-order valence-electron chi connectivity index (χ1n) is 6.66. The van der Waals surface area contributed by atoms with Crippen molar-refractivity contribution in [2.24, 2.45) is 0 Å². The van der Waals surface area contributed by atoms with Crippen molar-refractivity contribution >= 4 is 22.5 Å². The summed E-state index contributed by atoms with van der Waals surface area (Å²) < 4.78 is 0. The molecule has 3 N–H and O–H groups in total. The molecule has 21 heavy (non-hydrogen) atoms. The molecule has 0 spiro atoms. The lowest BCUT2D eigenvalue weighted by Crippen LogP contribution is -2.15. The average molecular weight is 281 g/mol. The highest BCUT2D eigenvalue weighted by Gasteiger charge is 2.10. The highest BCUT2D eigenvalue weighted by molar-refractivity contribution is 5.96. The summed E-state index contributed by atoms with van der Waals surface area (Å²) in [6.07, 6.45) is 5.24. The average Bonchev–Trinajstić information content (AvgIpc) is 2.91. The number of carbonyl (C=O) groups is 1. The standard InChI is InChI=1S/C16H15N3O2/c20-10-11-5-6-17-9-15(11)19-16(21)7-12-8-18-14-4-2-1-3-13(12)14/h1-6,8-9,18,20H,7,10H2,(H,19,21). The van der Waals surface area contributed by atoms with Crippen molar-refractivity contribution in [2.45, 2.75) is 13.0 Å². The van der Waals surface area contributed by atoms with Gasteiger partial charge in [0.05, 0.1) is 24.9 Å². The van der Waals surface area contributed by atoms with Crippen molar-refractivity contribution in [3.05, 3.63) is 60.0 Å². The zero-order valence-corrected chi connectivity index (χ0v) is 11.3. The number of amides is 1. The number of anilines is 1. The molecule has 0 aliphatic heterocycles. The van der Waals surface area contributed by atoms with Gasteiger partial charge >= 0.3 is 0 Å². The number of nitrogens with zero attached hydrogens (tertiary/aromatic N) is 1. The fourth-order valence-electron chi connectivity index (χ4n) is 2.32. The van der Waals surface area contributed by atoms with E-state index >= 15 is 0 Å². The number of aliphatic hydroxyl groups excluding tert-OH is 1. The number of rotatable bonds is 4. The topological polar surface area (TPSA) is 78.0 Å². The van der Waals surface area contributed by atoms with Crippen molar-refractivity contribution in [1.29, 1.82) is 0 Å². The Morgan fingerprint density at radius 2 is 2.10 bits per heavy atom. The van der Waals surface area contributed by atoms with Crippen LogP contribution in [-0.4, -0.2) is 21.0 Å². The van der Waals surface area contributed by atoms with Gasteiger partial charge < -0.3 is 15.4 Å². The van der Waals surface area contributed by atoms with Crippen LogP contribution >= 0.6 is 0 Å². The molecular formula is C16H15N3O2. The Morgan fingerprint density at radius 1 is 1.24 bits per heavy atom. The number of aliphatic hydroxyl groups is 1. The third kappa shape index (κ3) is 2.78. The monoisotopic (exact) mass is 281 g/mol. The van der Waals surface area contributed by atoms with Crippen molar-refractivity contribution in [3.63, 3.8) is 0 Å². The lowest BCUT2D eigenvalue weighted by molar-refractivity contribution is -0.115. The summed E-state index contributed by atoms with van der Waals surface area (Å²) in [6, 6.07) is 9.54. The first-order chi connectivity index (χ1) is 10.3. The molecule has 3 rings (SSSR count). The summed E-state index contributed by atoms with van der Waals surface area (Å²) in [5.41, 5.74) is 3.15. The summed E-state index contributed by atoms with van der Waals surface area (Å²) in [7, 11) is 0. The van der Waals surface area contributed by atoms with Gasteiger partial charge in [-0.25, -0.2) is 0 Å². The van der Waals surface area contributed by atoms with E-state index in [0.717, 1.165) is 16.5 Å². The Bertz CT molecular complexity index is 780. The lowest BCUT2D eigenvalue weighted by atomic mass is 10.1. The molecule has 0 bridgehead atoms. The molecule has 1 amide bonds. The molecule has 0 unspecified atom stereocenters. The van der Waals surface area contributed by atoms with Crippen LogP contribution in [0.25, 0.3) is 10.9 Å². The Balaban J connectivity index is 1.77. The summed E-state index contributed by atoms with van der Waals surface area (Å²) in [4.78, 5) is 19.3. The number of carbonyl (C=O) groups excluding carboxylic acids is 1. The molecule has 0 aliphatic carbocycles. The van der Waals surface area contributed by atoms with Crippen LogP contribution in [0.2, 0.25) is 0 Å². The van der Waals surface area contributed by atoms with Crippen molar-refractivity contribution in [1.82, 2.24) is 9.97 Å². The van der Waals surface area contributed by atoms with Gasteiger partial charge in [0.25, 0.3) is 0 Å². The highest BCUT2D eigenvalue weighted by atomic mass is 16.3. The second kappa shape index (κ2) is 5.76. The third-order valence-corrected chi connectivity index (χ3v) is 3.38. The number of hydrogen-bond acceptors (Lipinski definition) is 3. The summed E-state index contributed by atoms with van der Waals surface area (Å²) in [5.74, 6) is -0.137. The van der Waals surface area contributed by atoms with Crippen molar-refractivity contribution in [2.75, 3.05) is 5.32 Å². The predicted molar refractivity (Wildman–Crippen MR) is 80.8 cm³/mol. The maximum Gasteiger partial charge on any atom is 0.228 e. The number of fused-ring (bicyclic) bond motifs is 1. The zero-order valence-electron chi connectivity index (χ0n) is 11.3. The van der Waals surface area contributed by atoms with Crippen LogP contribution in [0.15, 0.2) is 48.9 Å². The minimum atomic E-state index is -0.137. The SMILES string of the molecule is O=C(Cc1c[nH]c2ccccc12)Nc1cnccc1CO. The van der Waals surface area contributed by atoms with Gasteiger partial charge in [0.15, 0.2) is 0 Å². The van der Waals surface area contributed by atoms with Crippen LogP contribution in [-0.2, 0) is 17.8 Å². The Morgan fingerprint density at radius 3 is 2.95 bits per heavy atom. The maximum absolute atomic E-state index is 12.2. The van der Waals surface area contributed by atoms with E-state index in [1.807, 2.05) is 30.5 Å². The summed E-state index contributed by atoms with van der Waals surface area (Å²) in [6.45, 7) is -0.134. The molecule has 5 heteroatoms. The van der Waals surface area contributed by atoms with Crippen LogP contribution in [0.4, 0.5) is 5.69 Å². The second-order valence-electron chi connectivity index (χ2n) is 4.78. The Hall–Kier alpha value is -2.66. The summed E-state index contributed by atoms with van der Waals surface area (Å²) in [5, 5.41) is 13.1. The zero-order chi connectivity index (χ0) is 14.7. The first kappa shape index (κ1) is 13.3.